The van der Waals surface area contributed by atoms with Gasteiger partial charge in [-0.3, -0.25) is 13.8 Å². The molecular formula is C44H85N2O7P. The molecule has 0 aromatic rings. The van der Waals surface area contributed by atoms with Crippen molar-refractivity contribution < 1.29 is 33.5 Å². The molecule has 0 aliphatic carbocycles. The maximum absolute atomic E-state index is 12.8. The number of rotatable bonds is 41. The largest absolute Gasteiger partial charge is 0.472 e. The van der Waals surface area contributed by atoms with Gasteiger partial charge in [0.15, 0.2) is 0 Å². The van der Waals surface area contributed by atoms with Gasteiger partial charge in [-0.05, 0) is 57.8 Å². The van der Waals surface area contributed by atoms with Crippen molar-refractivity contribution in [3.8, 4) is 0 Å². The first kappa shape index (κ1) is 52.7. The Balaban J connectivity index is 4.35. The Kier molecular flexibility index (Phi) is 38.9. The van der Waals surface area contributed by atoms with Gasteiger partial charge in [-0.1, -0.05) is 172 Å². The summed E-state index contributed by atoms with van der Waals surface area (Å²) in [5, 5.41) is 23.9. The topological polar surface area (TPSA) is 151 Å². The molecule has 0 spiro atoms. The summed E-state index contributed by atoms with van der Waals surface area (Å²) < 4.78 is 22.0. The predicted octanol–water partition coefficient (Wildman–Crippen LogP) is 11.3. The summed E-state index contributed by atoms with van der Waals surface area (Å²) in [4.78, 5) is 22.7. The van der Waals surface area contributed by atoms with Crippen LogP contribution in [0, 0.1) is 0 Å². The fourth-order valence-electron chi connectivity index (χ4n) is 6.37. The first-order chi connectivity index (χ1) is 26.3. The zero-order valence-corrected chi connectivity index (χ0v) is 35.7. The van der Waals surface area contributed by atoms with Crippen molar-refractivity contribution in [3.63, 3.8) is 0 Å². The van der Waals surface area contributed by atoms with Crippen LogP contribution in [0.4, 0.5) is 0 Å². The second-order valence-corrected chi connectivity index (χ2v) is 16.5. The standard InChI is InChI=1S/C44H85N2O7P/c1-3-5-7-9-11-13-15-16-17-18-19-20-21-22-23-24-26-28-30-32-34-36-43(48)42(40-53-54(50,51)52-38-37-45)46-44(49)39-41(47)35-33-31-29-27-25-14-12-10-8-6-4-2/h26-29,34,36,41-43,47-48H,3-25,30-33,35,37-40,45H2,1-2H3,(H,46,49)(H,50,51)/b28-26+,29-27-,36-34+. The van der Waals surface area contributed by atoms with E-state index in [-0.39, 0.29) is 19.6 Å². The van der Waals surface area contributed by atoms with Crippen LogP contribution in [0.25, 0.3) is 0 Å². The van der Waals surface area contributed by atoms with Gasteiger partial charge in [0.05, 0.1) is 37.9 Å². The number of aliphatic hydroxyl groups excluding tert-OH is 2. The molecule has 0 fully saturated rings. The van der Waals surface area contributed by atoms with E-state index in [0.717, 1.165) is 32.1 Å². The van der Waals surface area contributed by atoms with Gasteiger partial charge >= 0.3 is 7.82 Å². The molecule has 0 bridgehead atoms. The van der Waals surface area contributed by atoms with Gasteiger partial charge in [-0.15, -0.1) is 0 Å². The molecule has 318 valence electrons. The third-order valence-corrected chi connectivity index (χ3v) is 10.7. The molecule has 54 heavy (non-hydrogen) atoms. The summed E-state index contributed by atoms with van der Waals surface area (Å²) in [6.07, 6.45) is 43.9. The van der Waals surface area contributed by atoms with Gasteiger partial charge in [-0.25, -0.2) is 4.57 Å². The highest BCUT2D eigenvalue weighted by Crippen LogP contribution is 2.43. The molecule has 0 aliphatic heterocycles. The van der Waals surface area contributed by atoms with Crippen LogP contribution in [0.2, 0.25) is 0 Å². The number of hydrogen-bond acceptors (Lipinski definition) is 7. The lowest BCUT2D eigenvalue weighted by Crippen LogP contribution is -2.46. The third kappa shape index (κ3) is 37.6. The van der Waals surface area contributed by atoms with Crippen LogP contribution in [-0.2, 0) is 18.4 Å². The van der Waals surface area contributed by atoms with E-state index in [2.05, 4.69) is 43.5 Å². The number of carbonyl (C=O) groups excluding carboxylic acids is 1. The Morgan fingerprint density at radius 1 is 0.630 bits per heavy atom. The van der Waals surface area contributed by atoms with Crippen LogP contribution in [0.15, 0.2) is 36.5 Å². The van der Waals surface area contributed by atoms with Crippen molar-refractivity contribution in [1.82, 2.24) is 5.32 Å². The number of unbranched alkanes of at least 4 members (excludes halogenated alkanes) is 23. The number of hydrogen-bond donors (Lipinski definition) is 5. The van der Waals surface area contributed by atoms with Crippen LogP contribution >= 0.6 is 7.82 Å². The molecule has 1 amide bonds. The van der Waals surface area contributed by atoms with Crippen molar-refractivity contribution in [2.45, 2.75) is 218 Å². The zero-order chi connectivity index (χ0) is 39.8. The highest BCUT2D eigenvalue weighted by atomic mass is 31.2. The quantitative estimate of drug-likeness (QED) is 0.0233. The first-order valence-corrected chi connectivity index (χ1v) is 23.7. The van der Waals surface area contributed by atoms with E-state index in [9.17, 15) is 24.5 Å². The van der Waals surface area contributed by atoms with E-state index < -0.39 is 38.6 Å². The molecule has 0 saturated carbocycles. The lowest BCUT2D eigenvalue weighted by molar-refractivity contribution is -0.124. The van der Waals surface area contributed by atoms with E-state index in [1.165, 1.54) is 135 Å². The molecule has 0 rings (SSSR count). The molecule has 4 atom stereocenters. The molecule has 0 radical (unpaired) electrons. The highest BCUT2D eigenvalue weighted by molar-refractivity contribution is 7.47. The minimum absolute atomic E-state index is 0.0418. The van der Waals surface area contributed by atoms with Gasteiger partial charge < -0.3 is 26.2 Å². The number of allylic oxidation sites excluding steroid dienone is 5. The monoisotopic (exact) mass is 785 g/mol. The second kappa shape index (κ2) is 39.9. The van der Waals surface area contributed by atoms with E-state index in [1.807, 2.05) is 6.08 Å². The summed E-state index contributed by atoms with van der Waals surface area (Å²) >= 11 is 0. The lowest BCUT2D eigenvalue weighted by atomic mass is 10.0. The minimum atomic E-state index is -4.41. The normalized spacial score (nSPS) is 15.0. The smallest absolute Gasteiger partial charge is 0.393 e. The van der Waals surface area contributed by atoms with Crippen LogP contribution < -0.4 is 11.1 Å². The zero-order valence-electron chi connectivity index (χ0n) is 34.8. The van der Waals surface area contributed by atoms with Crippen LogP contribution in [0.5, 0.6) is 0 Å². The fraction of sp³-hybridized carbons (Fsp3) is 0.841. The summed E-state index contributed by atoms with van der Waals surface area (Å²) in [7, 11) is -4.41. The Morgan fingerprint density at radius 2 is 1.06 bits per heavy atom. The molecule has 0 saturated heterocycles. The molecule has 4 unspecified atom stereocenters. The molecular weight excluding hydrogens is 699 g/mol. The van der Waals surface area contributed by atoms with Gasteiger partial charge in [0.2, 0.25) is 5.91 Å². The van der Waals surface area contributed by atoms with Crippen LogP contribution in [-0.4, -0.2) is 59.0 Å². The average Bonchev–Trinajstić information content (AvgIpc) is 3.15. The van der Waals surface area contributed by atoms with Crippen molar-refractivity contribution in [2.75, 3.05) is 19.8 Å². The van der Waals surface area contributed by atoms with E-state index in [1.54, 1.807) is 6.08 Å². The Bertz CT molecular complexity index is 961. The number of amides is 1. The molecule has 0 heterocycles. The van der Waals surface area contributed by atoms with Crippen LogP contribution in [0.1, 0.15) is 200 Å². The van der Waals surface area contributed by atoms with Gasteiger partial charge in [-0.2, -0.15) is 0 Å². The van der Waals surface area contributed by atoms with Crippen molar-refractivity contribution in [1.29, 1.82) is 0 Å². The molecule has 0 aromatic carbocycles. The second-order valence-electron chi connectivity index (χ2n) is 15.1. The number of aliphatic hydroxyl groups is 2. The van der Waals surface area contributed by atoms with Crippen molar-refractivity contribution >= 4 is 13.7 Å². The maximum Gasteiger partial charge on any atom is 0.472 e. The minimum Gasteiger partial charge on any atom is -0.393 e. The molecule has 9 nitrogen and oxygen atoms in total. The summed E-state index contributed by atoms with van der Waals surface area (Å²) in [5.74, 6) is -0.473. The predicted molar refractivity (Wildman–Crippen MR) is 227 cm³/mol. The maximum atomic E-state index is 12.8. The highest BCUT2D eigenvalue weighted by Gasteiger charge is 2.27. The Labute approximate surface area is 332 Å². The van der Waals surface area contributed by atoms with E-state index in [4.69, 9.17) is 14.8 Å². The number of nitrogens with two attached hydrogens (primary N) is 1. The summed E-state index contributed by atoms with van der Waals surface area (Å²) in [6, 6.07) is -1.01. The molecule has 0 aliphatic rings. The molecule has 6 N–H and O–H groups in total. The Hall–Kier alpha value is -1.32. The number of carbonyl (C=O) groups is 1. The van der Waals surface area contributed by atoms with Crippen LogP contribution in [0.3, 0.4) is 0 Å². The van der Waals surface area contributed by atoms with Gasteiger partial charge in [0, 0.05) is 6.54 Å². The molecule has 0 aromatic heterocycles. The van der Waals surface area contributed by atoms with Gasteiger partial charge in [0.25, 0.3) is 0 Å². The number of phosphoric ester groups is 1. The first-order valence-electron chi connectivity index (χ1n) is 22.2. The van der Waals surface area contributed by atoms with Crippen molar-refractivity contribution in [2.24, 2.45) is 5.73 Å². The van der Waals surface area contributed by atoms with E-state index >= 15 is 0 Å². The van der Waals surface area contributed by atoms with E-state index in [0.29, 0.717) is 12.8 Å². The fourth-order valence-corrected chi connectivity index (χ4v) is 7.13. The average molecular weight is 785 g/mol. The lowest BCUT2D eigenvalue weighted by Gasteiger charge is -2.24. The Morgan fingerprint density at radius 3 is 1.54 bits per heavy atom. The van der Waals surface area contributed by atoms with Crippen molar-refractivity contribution in [3.05, 3.63) is 36.5 Å². The summed E-state index contributed by atoms with van der Waals surface area (Å²) in [6.45, 7) is 3.92. The van der Waals surface area contributed by atoms with Gasteiger partial charge in [0.1, 0.15) is 0 Å². The number of phosphoric acid groups is 1. The number of nitrogens with one attached hydrogen (secondary N) is 1. The molecule has 10 heteroatoms. The SMILES string of the molecule is CCCCCCCC/C=C\CCCC(O)CC(=O)NC(COP(=O)(O)OCCN)C(O)/C=C/CC/C=C/CCCCCCCCCCCCCCCCC. The summed E-state index contributed by atoms with van der Waals surface area (Å²) in [5.41, 5.74) is 5.36. The third-order valence-electron chi connectivity index (χ3n) is 9.74.